The van der Waals surface area contributed by atoms with Gasteiger partial charge in [0.2, 0.25) is 0 Å². The van der Waals surface area contributed by atoms with Gasteiger partial charge in [0.1, 0.15) is 5.01 Å². The molecule has 0 amide bonds. The molecule has 6 heteroatoms. The highest BCUT2D eigenvalue weighted by Crippen LogP contribution is 2.26. The van der Waals surface area contributed by atoms with Crippen LogP contribution in [0.5, 0.6) is 0 Å². The summed E-state index contributed by atoms with van der Waals surface area (Å²) in [5.74, 6) is -0.932. The molecule has 0 aliphatic heterocycles. The fourth-order valence-electron chi connectivity index (χ4n) is 2.97. The first kappa shape index (κ1) is 16.4. The molecular formula is C18H19N3O2S. The maximum absolute atomic E-state index is 11.5. The van der Waals surface area contributed by atoms with Crippen molar-refractivity contribution < 1.29 is 9.90 Å². The molecule has 5 nitrogen and oxygen atoms in total. The van der Waals surface area contributed by atoms with E-state index in [9.17, 15) is 9.90 Å². The summed E-state index contributed by atoms with van der Waals surface area (Å²) < 4.78 is 1.98. The first-order valence-electron chi connectivity index (χ1n) is 7.64. The molecule has 1 aromatic carbocycles. The Hall–Kier alpha value is -2.44. The first-order valence-corrected chi connectivity index (χ1v) is 8.52. The number of benzene rings is 1. The van der Waals surface area contributed by atoms with E-state index in [4.69, 9.17) is 5.73 Å². The molecule has 24 heavy (non-hydrogen) atoms. The number of aromatic nitrogens is 2. The lowest BCUT2D eigenvalue weighted by Crippen LogP contribution is -2.06. The van der Waals surface area contributed by atoms with Gasteiger partial charge >= 0.3 is 5.97 Å². The zero-order valence-electron chi connectivity index (χ0n) is 13.6. The highest BCUT2D eigenvalue weighted by molar-refractivity contribution is 7.13. The van der Waals surface area contributed by atoms with Crippen molar-refractivity contribution in [1.82, 2.24) is 9.55 Å². The van der Waals surface area contributed by atoms with Crippen LogP contribution >= 0.6 is 11.3 Å². The Labute approximate surface area is 144 Å². The maximum Gasteiger partial charge on any atom is 0.337 e. The average molecular weight is 341 g/mol. The minimum Gasteiger partial charge on any atom is -0.478 e. The molecule has 3 N–H and O–H groups in total. The summed E-state index contributed by atoms with van der Waals surface area (Å²) in [4.78, 5) is 16.2. The number of hydrogen-bond donors (Lipinski definition) is 2. The van der Waals surface area contributed by atoms with E-state index < -0.39 is 5.97 Å². The summed E-state index contributed by atoms with van der Waals surface area (Å²) in [7, 11) is 0. The third kappa shape index (κ3) is 2.86. The average Bonchev–Trinajstić information content (AvgIpc) is 3.13. The fourth-order valence-corrected chi connectivity index (χ4v) is 3.79. The van der Waals surface area contributed by atoms with Crippen molar-refractivity contribution in [3.63, 3.8) is 0 Å². The van der Waals surface area contributed by atoms with Crippen LogP contribution < -0.4 is 5.73 Å². The summed E-state index contributed by atoms with van der Waals surface area (Å²) in [6.45, 7) is 4.49. The number of carboxylic acid groups (broad SMARTS) is 1. The minimum atomic E-state index is -0.932. The molecule has 2 heterocycles. The quantitative estimate of drug-likeness (QED) is 0.745. The third-order valence-corrected chi connectivity index (χ3v) is 5.16. The normalized spacial score (nSPS) is 11.0. The van der Waals surface area contributed by atoms with Gasteiger partial charge in [-0.15, -0.1) is 11.3 Å². The topological polar surface area (TPSA) is 81.1 Å². The van der Waals surface area contributed by atoms with Gasteiger partial charge < -0.3 is 15.4 Å². The number of carboxylic acids is 1. The Morgan fingerprint density at radius 3 is 2.54 bits per heavy atom. The van der Waals surface area contributed by atoms with Crippen molar-refractivity contribution in [2.24, 2.45) is 5.73 Å². The Morgan fingerprint density at radius 1 is 1.25 bits per heavy atom. The van der Waals surface area contributed by atoms with E-state index in [2.05, 4.69) is 4.98 Å². The van der Waals surface area contributed by atoms with Gasteiger partial charge in [0, 0.05) is 34.4 Å². The van der Waals surface area contributed by atoms with Crippen LogP contribution in [0.15, 0.2) is 35.7 Å². The molecule has 0 aliphatic rings. The van der Waals surface area contributed by atoms with Gasteiger partial charge in [-0.2, -0.15) is 0 Å². The molecule has 0 saturated heterocycles. The van der Waals surface area contributed by atoms with Gasteiger partial charge in [-0.3, -0.25) is 0 Å². The summed E-state index contributed by atoms with van der Waals surface area (Å²) in [6.07, 6.45) is 0. The number of rotatable bonds is 5. The molecule has 0 radical (unpaired) electrons. The number of aromatic carboxylic acids is 1. The monoisotopic (exact) mass is 341 g/mol. The van der Waals surface area contributed by atoms with Crippen LogP contribution in [0.2, 0.25) is 0 Å². The van der Waals surface area contributed by atoms with Crippen LogP contribution in [0.3, 0.4) is 0 Å². The van der Waals surface area contributed by atoms with E-state index >= 15 is 0 Å². The molecule has 0 saturated carbocycles. The van der Waals surface area contributed by atoms with Gasteiger partial charge in [0.05, 0.1) is 17.8 Å². The first-order chi connectivity index (χ1) is 11.5. The van der Waals surface area contributed by atoms with Crippen molar-refractivity contribution in [3.05, 3.63) is 63.9 Å². The lowest BCUT2D eigenvalue weighted by atomic mass is 10.1. The number of carbonyl (C=O) groups is 1. The smallest absolute Gasteiger partial charge is 0.337 e. The lowest BCUT2D eigenvalue weighted by molar-refractivity contribution is 0.0695. The Bertz CT molecular complexity index is 881. The fraction of sp³-hybridized carbons (Fsp3) is 0.222. The van der Waals surface area contributed by atoms with Crippen LogP contribution in [0, 0.1) is 13.8 Å². The van der Waals surface area contributed by atoms with E-state index in [0.717, 1.165) is 27.7 Å². The van der Waals surface area contributed by atoms with E-state index in [1.54, 1.807) is 11.3 Å². The van der Waals surface area contributed by atoms with Gasteiger partial charge in [-0.25, -0.2) is 9.78 Å². The van der Waals surface area contributed by atoms with E-state index in [0.29, 0.717) is 17.7 Å². The number of nitrogens with two attached hydrogens (primary N) is 1. The third-order valence-electron chi connectivity index (χ3n) is 4.22. The number of nitrogens with zero attached hydrogens (tertiary/aromatic N) is 2. The molecule has 0 aliphatic carbocycles. The van der Waals surface area contributed by atoms with Crippen molar-refractivity contribution in [3.8, 4) is 10.6 Å². The standard InChI is InChI=1S/C18H19N3O2S/c1-11-15(8-19)16(18(22)23)12(2)21(11)9-14-10-24-17(20-14)13-6-4-3-5-7-13/h3-7,10H,8-9,19H2,1-2H3,(H,22,23). The summed E-state index contributed by atoms with van der Waals surface area (Å²) in [5, 5.41) is 12.4. The van der Waals surface area contributed by atoms with Crippen molar-refractivity contribution in [2.75, 3.05) is 0 Å². The molecule has 0 spiro atoms. The second-order valence-electron chi connectivity index (χ2n) is 5.63. The van der Waals surface area contributed by atoms with Gasteiger partial charge in [-0.1, -0.05) is 30.3 Å². The van der Waals surface area contributed by atoms with E-state index in [1.807, 2.05) is 54.1 Å². The number of hydrogen-bond acceptors (Lipinski definition) is 4. The molecule has 0 bridgehead atoms. The van der Waals surface area contributed by atoms with Crippen LogP contribution in [0.1, 0.15) is 33.0 Å². The highest BCUT2D eigenvalue weighted by Gasteiger charge is 2.22. The minimum absolute atomic E-state index is 0.216. The Kier molecular flexibility index (Phi) is 4.51. The summed E-state index contributed by atoms with van der Waals surface area (Å²) >= 11 is 1.59. The predicted molar refractivity (Wildman–Crippen MR) is 95.4 cm³/mol. The zero-order chi connectivity index (χ0) is 17.3. The maximum atomic E-state index is 11.5. The molecule has 124 valence electrons. The summed E-state index contributed by atoms with van der Waals surface area (Å²) in [6, 6.07) is 10.0. The van der Waals surface area contributed by atoms with Crippen molar-refractivity contribution in [1.29, 1.82) is 0 Å². The van der Waals surface area contributed by atoms with Crippen molar-refractivity contribution in [2.45, 2.75) is 26.9 Å². The molecule has 0 fully saturated rings. The van der Waals surface area contributed by atoms with Crippen LogP contribution in [0.25, 0.3) is 10.6 Å². The highest BCUT2D eigenvalue weighted by atomic mass is 32.1. The predicted octanol–water partition coefficient (Wildman–Crippen LogP) is 3.43. The molecule has 0 unspecified atom stereocenters. The lowest BCUT2D eigenvalue weighted by Gasteiger charge is -2.07. The van der Waals surface area contributed by atoms with Gasteiger partial charge in [0.25, 0.3) is 0 Å². The SMILES string of the molecule is Cc1c(CN)c(C(=O)O)c(C)n1Cc1csc(-c2ccccc2)n1. The Morgan fingerprint density at radius 2 is 1.96 bits per heavy atom. The molecule has 2 aromatic heterocycles. The summed E-state index contributed by atoms with van der Waals surface area (Å²) in [5.41, 5.74) is 10.4. The number of thiazole rings is 1. The zero-order valence-corrected chi connectivity index (χ0v) is 14.4. The van der Waals surface area contributed by atoms with E-state index in [1.165, 1.54) is 0 Å². The van der Waals surface area contributed by atoms with Gasteiger partial charge in [0.15, 0.2) is 0 Å². The second kappa shape index (κ2) is 6.59. The van der Waals surface area contributed by atoms with Crippen LogP contribution in [-0.2, 0) is 13.1 Å². The van der Waals surface area contributed by atoms with Crippen LogP contribution in [-0.4, -0.2) is 20.6 Å². The molecular weight excluding hydrogens is 322 g/mol. The van der Waals surface area contributed by atoms with Crippen molar-refractivity contribution >= 4 is 17.3 Å². The Balaban J connectivity index is 1.95. The van der Waals surface area contributed by atoms with Gasteiger partial charge in [-0.05, 0) is 13.8 Å². The van der Waals surface area contributed by atoms with Crippen LogP contribution in [0.4, 0.5) is 0 Å². The van der Waals surface area contributed by atoms with E-state index in [-0.39, 0.29) is 6.54 Å². The molecule has 3 aromatic rings. The molecule has 3 rings (SSSR count). The largest absolute Gasteiger partial charge is 0.478 e. The molecule has 0 atom stereocenters. The second-order valence-corrected chi connectivity index (χ2v) is 6.49.